The summed E-state index contributed by atoms with van der Waals surface area (Å²) in [6, 6.07) is 20.2. The zero-order valence-electron chi connectivity index (χ0n) is 11.7. The SMILES string of the molecule is O=S(=O)(O)c1c(NCc2ccccc2)ccc2ccccc12. The Hall–Kier alpha value is -2.37. The number of benzene rings is 3. The highest BCUT2D eigenvalue weighted by Crippen LogP contribution is 2.30. The van der Waals surface area contributed by atoms with E-state index in [1.165, 1.54) is 0 Å². The van der Waals surface area contributed by atoms with E-state index in [1.807, 2.05) is 48.5 Å². The molecule has 0 aliphatic heterocycles. The molecule has 0 aromatic heterocycles. The van der Waals surface area contributed by atoms with Gasteiger partial charge in [-0.1, -0.05) is 60.7 Å². The van der Waals surface area contributed by atoms with E-state index >= 15 is 0 Å². The van der Waals surface area contributed by atoms with E-state index in [0.717, 1.165) is 10.9 Å². The summed E-state index contributed by atoms with van der Waals surface area (Å²) in [4.78, 5) is -0.0819. The minimum absolute atomic E-state index is 0.0819. The van der Waals surface area contributed by atoms with E-state index < -0.39 is 10.1 Å². The largest absolute Gasteiger partial charge is 0.380 e. The second-order valence-corrected chi connectivity index (χ2v) is 6.34. The maximum absolute atomic E-state index is 11.8. The minimum Gasteiger partial charge on any atom is -0.380 e. The third-order valence-electron chi connectivity index (χ3n) is 3.46. The summed E-state index contributed by atoms with van der Waals surface area (Å²) in [5, 5.41) is 4.36. The van der Waals surface area contributed by atoms with Crippen LogP contribution in [0.25, 0.3) is 10.8 Å². The third-order valence-corrected chi connectivity index (χ3v) is 4.42. The molecule has 3 rings (SSSR count). The first kappa shape index (κ1) is 14.6. The van der Waals surface area contributed by atoms with Crippen molar-refractivity contribution in [2.24, 2.45) is 0 Å². The fourth-order valence-corrected chi connectivity index (χ4v) is 3.34. The molecular formula is C17H15NO3S. The average Bonchev–Trinajstić information content (AvgIpc) is 2.52. The number of anilines is 1. The molecular weight excluding hydrogens is 298 g/mol. The van der Waals surface area contributed by atoms with Crippen molar-refractivity contribution in [3.8, 4) is 0 Å². The smallest absolute Gasteiger partial charge is 0.297 e. The summed E-state index contributed by atoms with van der Waals surface area (Å²) in [7, 11) is -4.33. The Kier molecular flexibility index (Phi) is 3.83. The van der Waals surface area contributed by atoms with Crippen LogP contribution in [0.5, 0.6) is 0 Å². The highest BCUT2D eigenvalue weighted by atomic mass is 32.2. The summed E-state index contributed by atoms with van der Waals surface area (Å²) in [6.45, 7) is 0.474. The monoisotopic (exact) mass is 313 g/mol. The lowest BCUT2D eigenvalue weighted by Gasteiger charge is -2.13. The lowest BCUT2D eigenvalue weighted by atomic mass is 10.1. The van der Waals surface area contributed by atoms with Crippen LogP contribution in [0, 0.1) is 0 Å². The van der Waals surface area contributed by atoms with Gasteiger partial charge in [0.2, 0.25) is 0 Å². The van der Waals surface area contributed by atoms with Crippen molar-refractivity contribution in [1.82, 2.24) is 0 Å². The first-order valence-corrected chi connectivity index (χ1v) is 8.27. The molecule has 0 saturated carbocycles. The first-order valence-electron chi connectivity index (χ1n) is 6.83. The molecule has 3 aromatic carbocycles. The van der Waals surface area contributed by atoms with Gasteiger partial charge >= 0.3 is 0 Å². The number of nitrogens with one attached hydrogen (secondary N) is 1. The second kappa shape index (κ2) is 5.79. The maximum atomic E-state index is 11.8. The third kappa shape index (κ3) is 2.95. The van der Waals surface area contributed by atoms with Gasteiger partial charge in [0.15, 0.2) is 0 Å². The van der Waals surface area contributed by atoms with Crippen LogP contribution < -0.4 is 5.32 Å². The van der Waals surface area contributed by atoms with Crippen LogP contribution in [-0.2, 0) is 16.7 Å². The molecule has 0 fully saturated rings. The van der Waals surface area contributed by atoms with Crippen molar-refractivity contribution < 1.29 is 13.0 Å². The molecule has 0 bridgehead atoms. The quantitative estimate of drug-likeness (QED) is 0.721. The van der Waals surface area contributed by atoms with Crippen LogP contribution >= 0.6 is 0 Å². The number of rotatable bonds is 4. The first-order chi connectivity index (χ1) is 10.6. The molecule has 4 nitrogen and oxygen atoms in total. The van der Waals surface area contributed by atoms with Crippen molar-refractivity contribution in [2.45, 2.75) is 11.4 Å². The van der Waals surface area contributed by atoms with Gasteiger partial charge in [0.1, 0.15) is 4.90 Å². The van der Waals surface area contributed by atoms with Gasteiger partial charge in [0.25, 0.3) is 10.1 Å². The zero-order chi connectivity index (χ0) is 15.6. The second-order valence-electron chi connectivity index (χ2n) is 4.98. The topological polar surface area (TPSA) is 66.4 Å². The molecule has 112 valence electrons. The van der Waals surface area contributed by atoms with Gasteiger partial charge in [-0.05, 0) is 17.0 Å². The molecule has 0 aliphatic rings. The van der Waals surface area contributed by atoms with E-state index in [9.17, 15) is 13.0 Å². The summed E-state index contributed by atoms with van der Waals surface area (Å²) in [5.74, 6) is 0. The van der Waals surface area contributed by atoms with Crippen molar-refractivity contribution in [2.75, 3.05) is 5.32 Å². The van der Waals surface area contributed by atoms with Gasteiger partial charge in [0, 0.05) is 11.9 Å². The molecule has 0 saturated heterocycles. The Morgan fingerprint density at radius 1 is 0.864 bits per heavy atom. The molecule has 5 heteroatoms. The fourth-order valence-electron chi connectivity index (χ4n) is 2.45. The summed E-state index contributed by atoms with van der Waals surface area (Å²) in [6.07, 6.45) is 0. The van der Waals surface area contributed by atoms with Crippen LogP contribution in [0.4, 0.5) is 5.69 Å². The summed E-state index contributed by atoms with van der Waals surface area (Å²) in [5.41, 5.74) is 1.42. The van der Waals surface area contributed by atoms with Crippen LogP contribution in [0.15, 0.2) is 71.6 Å². The molecule has 0 heterocycles. The Balaban J connectivity index is 2.06. The lowest BCUT2D eigenvalue weighted by Crippen LogP contribution is -2.07. The Labute approximate surface area is 129 Å². The van der Waals surface area contributed by atoms with Crippen molar-refractivity contribution >= 4 is 26.6 Å². The number of fused-ring (bicyclic) bond motifs is 1. The molecule has 0 radical (unpaired) electrons. The van der Waals surface area contributed by atoms with Crippen LogP contribution in [0.3, 0.4) is 0 Å². The van der Waals surface area contributed by atoms with Crippen molar-refractivity contribution in [1.29, 1.82) is 0 Å². The van der Waals surface area contributed by atoms with Crippen molar-refractivity contribution in [3.63, 3.8) is 0 Å². The Morgan fingerprint density at radius 2 is 1.55 bits per heavy atom. The number of hydrogen-bond donors (Lipinski definition) is 2. The van der Waals surface area contributed by atoms with Crippen LogP contribution in [-0.4, -0.2) is 13.0 Å². The molecule has 22 heavy (non-hydrogen) atoms. The van der Waals surface area contributed by atoms with Gasteiger partial charge in [-0.25, -0.2) is 0 Å². The van der Waals surface area contributed by atoms with Crippen LogP contribution in [0.2, 0.25) is 0 Å². The van der Waals surface area contributed by atoms with Gasteiger partial charge in [-0.2, -0.15) is 8.42 Å². The van der Waals surface area contributed by atoms with E-state index in [0.29, 0.717) is 17.6 Å². The predicted molar refractivity (Wildman–Crippen MR) is 87.5 cm³/mol. The predicted octanol–water partition coefficient (Wildman–Crippen LogP) is 3.70. The minimum atomic E-state index is -4.33. The normalized spacial score (nSPS) is 11.5. The molecule has 0 aliphatic carbocycles. The Morgan fingerprint density at radius 3 is 2.27 bits per heavy atom. The summed E-state index contributed by atoms with van der Waals surface area (Å²) >= 11 is 0. The van der Waals surface area contributed by atoms with E-state index in [4.69, 9.17) is 0 Å². The Bertz CT molecular complexity index is 906. The van der Waals surface area contributed by atoms with E-state index in [2.05, 4.69) is 5.32 Å². The number of hydrogen-bond acceptors (Lipinski definition) is 3. The lowest BCUT2D eigenvalue weighted by molar-refractivity contribution is 0.484. The fraction of sp³-hybridized carbons (Fsp3) is 0.0588. The van der Waals surface area contributed by atoms with Crippen LogP contribution in [0.1, 0.15) is 5.56 Å². The van der Waals surface area contributed by atoms with Crippen molar-refractivity contribution in [3.05, 3.63) is 72.3 Å². The summed E-state index contributed by atoms with van der Waals surface area (Å²) < 4.78 is 33.2. The van der Waals surface area contributed by atoms with Gasteiger partial charge in [-0.15, -0.1) is 0 Å². The molecule has 0 amide bonds. The van der Waals surface area contributed by atoms with Gasteiger partial charge in [0.05, 0.1) is 5.69 Å². The maximum Gasteiger partial charge on any atom is 0.297 e. The molecule has 3 aromatic rings. The van der Waals surface area contributed by atoms with E-state index in [-0.39, 0.29) is 4.90 Å². The molecule has 0 unspecified atom stereocenters. The average molecular weight is 313 g/mol. The standard InChI is InChI=1S/C17H15NO3S/c19-22(20,21)17-15-9-5-4-8-14(15)10-11-16(17)18-12-13-6-2-1-3-7-13/h1-11,18H,12H2,(H,19,20,21). The molecule has 0 spiro atoms. The van der Waals surface area contributed by atoms with Gasteiger partial charge in [-0.3, -0.25) is 4.55 Å². The molecule has 0 atom stereocenters. The molecule has 2 N–H and O–H groups in total. The van der Waals surface area contributed by atoms with Gasteiger partial charge < -0.3 is 5.32 Å². The highest BCUT2D eigenvalue weighted by molar-refractivity contribution is 7.86. The zero-order valence-corrected chi connectivity index (χ0v) is 12.5. The van der Waals surface area contributed by atoms with E-state index in [1.54, 1.807) is 18.2 Å². The highest BCUT2D eigenvalue weighted by Gasteiger charge is 2.19.